The summed E-state index contributed by atoms with van der Waals surface area (Å²) in [4.78, 5) is 13.1. The molecule has 0 atom stereocenters. The van der Waals surface area contributed by atoms with E-state index >= 15 is 0 Å². The molecule has 1 aliphatic heterocycles. The number of nitrogens with zero attached hydrogens (tertiary/aromatic N) is 1. The summed E-state index contributed by atoms with van der Waals surface area (Å²) in [5.74, 6) is 0. The van der Waals surface area contributed by atoms with Gasteiger partial charge in [-0.15, -0.1) is 0 Å². The summed E-state index contributed by atoms with van der Waals surface area (Å²) in [6, 6.07) is 0. The van der Waals surface area contributed by atoms with Crippen LogP contribution in [0.2, 0.25) is 0 Å². The Morgan fingerprint density at radius 2 is 2.67 bits per heavy atom. The number of hydrogen-bond donors (Lipinski definition) is 0. The van der Waals surface area contributed by atoms with Crippen LogP contribution < -0.4 is 0 Å². The van der Waals surface area contributed by atoms with Crippen LogP contribution in [0.3, 0.4) is 0 Å². The zero-order valence-electron chi connectivity index (χ0n) is 4.96. The van der Waals surface area contributed by atoms with E-state index in [1.807, 2.05) is 0 Å². The van der Waals surface area contributed by atoms with Gasteiger partial charge in [-0.05, 0) is 12.8 Å². The zero-order valence-corrected chi connectivity index (χ0v) is 4.96. The molecule has 0 fully saturated rings. The molecule has 0 aromatic rings. The maximum Gasteiger partial charge on any atom is 0.240 e. The van der Waals surface area contributed by atoms with Crippen LogP contribution >= 0.6 is 0 Å². The van der Waals surface area contributed by atoms with Gasteiger partial charge in [0.1, 0.15) is 6.26 Å². The highest BCUT2D eigenvalue weighted by Crippen LogP contribution is 2.11. The molecule has 0 saturated heterocycles. The summed E-state index contributed by atoms with van der Waals surface area (Å²) in [5.41, 5.74) is 0.691. The third-order valence-corrected chi connectivity index (χ3v) is 1.10. The first-order valence-electron chi connectivity index (χ1n) is 2.82. The van der Waals surface area contributed by atoms with Gasteiger partial charge in [0, 0.05) is 0 Å². The maximum absolute atomic E-state index is 9.69. The Kier molecular flexibility index (Phi) is 2.05. The van der Waals surface area contributed by atoms with E-state index in [1.54, 1.807) is 0 Å². The average Bonchev–Trinajstić information content (AvgIpc) is 1.91. The fourth-order valence-corrected chi connectivity index (χ4v) is 0.692. The lowest BCUT2D eigenvalue weighted by Crippen LogP contribution is -1.96. The molecule has 9 heavy (non-hydrogen) atoms. The Bertz CT molecular complexity index is 168. The minimum Gasteiger partial charge on any atom is -0.499 e. The Balaban J connectivity index is 2.56. The number of ether oxygens (including phenoxy) is 1. The van der Waals surface area contributed by atoms with Gasteiger partial charge in [0.2, 0.25) is 6.08 Å². The van der Waals surface area contributed by atoms with E-state index in [1.165, 1.54) is 12.3 Å². The van der Waals surface area contributed by atoms with Crippen molar-refractivity contribution in [3.8, 4) is 0 Å². The number of rotatable bonds is 1. The van der Waals surface area contributed by atoms with Crippen molar-refractivity contribution in [1.82, 2.24) is 0 Å². The lowest BCUT2D eigenvalue weighted by atomic mass is 10.2. The van der Waals surface area contributed by atoms with Gasteiger partial charge < -0.3 is 4.74 Å². The maximum atomic E-state index is 9.69. The minimum absolute atomic E-state index is 0.691. The predicted molar refractivity (Wildman–Crippen MR) is 31.4 cm³/mol. The molecule has 48 valence electrons. The summed E-state index contributed by atoms with van der Waals surface area (Å²) in [6.07, 6.45) is 4.74. The molecule has 0 aromatic carbocycles. The highest BCUT2D eigenvalue weighted by molar-refractivity contribution is 5.36. The van der Waals surface area contributed by atoms with Gasteiger partial charge in [-0.1, -0.05) is 0 Å². The van der Waals surface area contributed by atoms with Crippen LogP contribution in [0.4, 0.5) is 0 Å². The summed E-state index contributed by atoms with van der Waals surface area (Å²) in [7, 11) is 0. The average molecular weight is 125 g/mol. The van der Waals surface area contributed by atoms with Gasteiger partial charge in [0.05, 0.1) is 12.3 Å². The predicted octanol–water partition coefficient (Wildman–Crippen LogP) is 0.974. The first-order valence-corrected chi connectivity index (χ1v) is 2.82. The van der Waals surface area contributed by atoms with E-state index in [0.29, 0.717) is 5.70 Å². The Morgan fingerprint density at radius 1 is 1.78 bits per heavy atom. The monoisotopic (exact) mass is 125 g/mol. The fourth-order valence-electron chi connectivity index (χ4n) is 0.692. The van der Waals surface area contributed by atoms with Crippen LogP contribution in [0.25, 0.3) is 0 Å². The molecule has 3 nitrogen and oxygen atoms in total. The quantitative estimate of drug-likeness (QED) is 0.387. The van der Waals surface area contributed by atoms with Crippen molar-refractivity contribution in [1.29, 1.82) is 0 Å². The largest absolute Gasteiger partial charge is 0.499 e. The highest BCUT2D eigenvalue weighted by Gasteiger charge is 2.00. The SMILES string of the molecule is O=C=NC1=COCCC1. The third kappa shape index (κ3) is 1.70. The Hall–Kier alpha value is -1.08. The molecule has 1 heterocycles. The van der Waals surface area contributed by atoms with E-state index in [0.717, 1.165) is 19.4 Å². The topological polar surface area (TPSA) is 38.7 Å². The molecule has 0 saturated carbocycles. The first kappa shape index (κ1) is 6.05. The van der Waals surface area contributed by atoms with Gasteiger partial charge in [0.15, 0.2) is 0 Å². The van der Waals surface area contributed by atoms with E-state index in [4.69, 9.17) is 4.74 Å². The molecule has 1 aliphatic rings. The second-order valence-corrected chi connectivity index (χ2v) is 1.79. The summed E-state index contributed by atoms with van der Waals surface area (Å²) >= 11 is 0. The van der Waals surface area contributed by atoms with Crippen LogP contribution in [0.15, 0.2) is 17.0 Å². The van der Waals surface area contributed by atoms with Crippen LogP contribution in [-0.2, 0) is 9.53 Å². The molecule has 0 unspecified atom stereocenters. The molecule has 3 heteroatoms. The van der Waals surface area contributed by atoms with E-state index < -0.39 is 0 Å². The highest BCUT2D eigenvalue weighted by atomic mass is 16.5. The van der Waals surface area contributed by atoms with Gasteiger partial charge in [0.25, 0.3) is 0 Å². The van der Waals surface area contributed by atoms with Gasteiger partial charge >= 0.3 is 0 Å². The van der Waals surface area contributed by atoms with Crippen molar-refractivity contribution in [3.05, 3.63) is 12.0 Å². The molecule has 1 rings (SSSR count). The first-order chi connectivity index (χ1) is 4.43. The number of allylic oxidation sites excluding steroid dienone is 1. The van der Waals surface area contributed by atoms with Crippen molar-refractivity contribution in [2.75, 3.05) is 6.61 Å². The number of carbonyl (C=O) groups excluding carboxylic acids is 1. The Morgan fingerprint density at radius 3 is 3.22 bits per heavy atom. The van der Waals surface area contributed by atoms with Crippen molar-refractivity contribution < 1.29 is 9.53 Å². The number of hydrogen-bond acceptors (Lipinski definition) is 3. The van der Waals surface area contributed by atoms with Gasteiger partial charge in [-0.25, -0.2) is 4.79 Å². The molecule has 0 radical (unpaired) electrons. The molecule has 0 aliphatic carbocycles. The molecular weight excluding hydrogens is 118 g/mol. The van der Waals surface area contributed by atoms with Gasteiger partial charge in [-0.2, -0.15) is 4.99 Å². The van der Waals surface area contributed by atoms with Crippen LogP contribution in [0, 0.1) is 0 Å². The summed E-state index contributed by atoms with van der Waals surface area (Å²) < 4.78 is 4.90. The second kappa shape index (κ2) is 3.05. The zero-order chi connectivity index (χ0) is 6.53. The van der Waals surface area contributed by atoms with Crippen LogP contribution in [0.1, 0.15) is 12.8 Å². The number of isocyanates is 1. The normalized spacial score (nSPS) is 17.1. The third-order valence-electron chi connectivity index (χ3n) is 1.10. The smallest absolute Gasteiger partial charge is 0.240 e. The molecule has 0 N–H and O–H groups in total. The standard InChI is InChI=1S/C6H7NO2/c8-5-7-6-2-1-3-9-4-6/h4H,1-3H2. The van der Waals surface area contributed by atoms with Crippen LogP contribution in [-0.4, -0.2) is 12.7 Å². The molecule has 0 bridgehead atoms. The van der Waals surface area contributed by atoms with Crippen molar-refractivity contribution in [3.63, 3.8) is 0 Å². The summed E-state index contributed by atoms with van der Waals surface area (Å²) in [5, 5.41) is 0. The second-order valence-electron chi connectivity index (χ2n) is 1.79. The molecule has 0 spiro atoms. The lowest BCUT2D eigenvalue weighted by molar-refractivity contribution is 0.224. The van der Waals surface area contributed by atoms with Crippen molar-refractivity contribution in [2.45, 2.75) is 12.8 Å². The fraction of sp³-hybridized carbons (Fsp3) is 0.500. The van der Waals surface area contributed by atoms with Crippen LogP contribution in [0.5, 0.6) is 0 Å². The van der Waals surface area contributed by atoms with E-state index in [-0.39, 0.29) is 0 Å². The van der Waals surface area contributed by atoms with E-state index in [2.05, 4.69) is 4.99 Å². The molecular formula is C6H7NO2. The Labute approximate surface area is 53.0 Å². The lowest BCUT2D eigenvalue weighted by Gasteiger charge is -2.07. The van der Waals surface area contributed by atoms with Gasteiger partial charge in [-0.3, -0.25) is 0 Å². The minimum atomic E-state index is 0.691. The van der Waals surface area contributed by atoms with E-state index in [9.17, 15) is 4.79 Å². The van der Waals surface area contributed by atoms with Crippen molar-refractivity contribution in [2.24, 2.45) is 4.99 Å². The summed E-state index contributed by atoms with van der Waals surface area (Å²) in [6.45, 7) is 0.734. The molecule has 0 aromatic heterocycles. The van der Waals surface area contributed by atoms with Crippen molar-refractivity contribution >= 4 is 6.08 Å². The number of aliphatic imine (C=N–C) groups is 1. The molecule has 0 amide bonds.